The van der Waals surface area contributed by atoms with Gasteiger partial charge in [-0.15, -0.1) is 0 Å². The van der Waals surface area contributed by atoms with Crippen LogP contribution < -0.4 is 0 Å². The van der Waals surface area contributed by atoms with Gasteiger partial charge in [-0.25, -0.2) is 0 Å². The highest BCUT2D eigenvalue weighted by atomic mass is 16.5. The SMILES string of the molecule is C=Cc1ccc(CCC(C)(C(C)=O)C(=O)OC(C)C)cc1.C=Cc1ccc(CCC(C)(C(C)=O)C(=O)OC2CCCCC2)cc1. The van der Waals surface area contributed by atoms with Crippen molar-refractivity contribution in [1.29, 1.82) is 0 Å². The molecule has 45 heavy (non-hydrogen) atoms. The summed E-state index contributed by atoms with van der Waals surface area (Å²) >= 11 is 0. The molecule has 0 aromatic heterocycles. The minimum atomic E-state index is -1.08. The molecule has 0 spiro atoms. The van der Waals surface area contributed by atoms with Crippen LogP contribution in [0.4, 0.5) is 0 Å². The Hall–Kier alpha value is -3.80. The Labute approximate surface area is 270 Å². The van der Waals surface area contributed by atoms with Crippen molar-refractivity contribution >= 4 is 35.7 Å². The molecule has 3 rings (SSSR count). The number of hydrogen-bond acceptors (Lipinski definition) is 6. The van der Waals surface area contributed by atoms with Crippen LogP contribution in [0.15, 0.2) is 61.7 Å². The van der Waals surface area contributed by atoms with E-state index >= 15 is 0 Å². The van der Waals surface area contributed by atoms with E-state index in [4.69, 9.17) is 9.47 Å². The molecule has 0 aliphatic heterocycles. The standard InChI is InChI=1S/C21H28O3.C18H24O3/c1-4-17-10-12-18(13-11-17)14-15-21(3,16(2)22)20(23)24-19-8-6-5-7-9-19;1-6-15-7-9-16(10-8-15)11-12-18(5,14(4)19)17(20)21-13(2)3/h4,10-13,19H,1,5-9,14-15H2,2-3H3;6-10,13H,1,11-12H2,2-5H3. The molecule has 2 atom stereocenters. The lowest BCUT2D eigenvalue weighted by Gasteiger charge is -2.29. The van der Waals surface area contributed by atoms with Crippen molar-refractivity contribution in [2.24, 2.45) is 10.8 Å². The molecule has 2 aromatic rings. The zero-order valence-corrected chi connectivity index (χ0v) is 28.2. The minimum Gasteiger partial charge on any atom is -0.462 e. The zero-order valence-electron chi connectivity index (χ0n) is 28.2. The summed E-state index contributed by atoms with van der Waals surface area (Å²) in [5.74, 6) is -1.07. The van der Waals surface area contributed by atoms with Crippen molar-refractivity contribution in [3.05, 3.63) is 83.9 Å². The van der Waals surface area contributed by atoms with Gasteiger partial charge in [0, 0.05) is 0 Å². The first-order valence-electron chi connectivity index (χ1n) is 16.1. The predicted octanol–water partition coefficient (Wildman–Crippen LogP) is 8.54. The molecule has 0 heterocycles. The molecule has 0 saturated heterocycles. The first kappa shape index (κ1) is 37.4. The molecular weight excluding hydrogens is 564 g/mol. The maximum Gasteiger partial charge on any atom is 0.319 e. The zero-order chi connectivity index (χ0) is 33.6. The lowest BCUT2D eigenvalue weighted by molar-refractivity contribution is -0.166. The van der Waals surface area contributed by atoms with Crippen LogP contribution in [0.2, 0.25) is 0 Å². The molecule has 1 saturated carbocycles. The van der Waals surface area contributed by atoms with Gasteiger partial charge >= 0.3 is 11.9 Å². The Morgan fingerprint density at radius 1 is 0.733 bits per heavy atom. The second-order valence-electron chi connectivity index (χ2n) is 12.8. The van der Waals surface area contributed by atoms with Crippen LogP contribution in [0.25, 0.3) is 12.2 Å². The predicted molar refractivity (Wildman–Crippen MR) is 181 cm³/mol. The minimum absolute atomic E-state index is 0.0169. The number of esters is 2. The first-order valence-corrected chi connectivity index (χ1v) is 16.1. The van der Waals surface area contributed by atoms with Gasteiger partial charge in [0.05, 0.1) is 6.10 Å². The number of carbonyl (C=O) groups excluding carboxylic acids is 4. The van der Waals surface area contributed by atoms with Crippen molar-refractivity contribution in [3.8, 4) is 0 Å². The van der Waals surface area contributed by atoms with E-state index < -0.39 is 16.8 Å². The Morgan fingerprint density at radius 2 is 1.13 bits per heavy atom. The van der Waals surface area contributed by atoms with Crippen molar-refractivity contribution in [3.63, 3.8) is 0 Å². The van der Waals surface area contributed by atoms with E-state index in [-0.39, 0.29) is 29.7 Å². The molecule has 0 amide bonds. The quantitative estimate of drug-likeness (QED) is 0.156. The summed E-state index contributed by atoms with van der Waals surface area (Å²) in [6, 6.07) is 16.0. The lowest BCUT2D eigenvalue weighted by atomic mass is 9.80. The number of aryl methyl sites for hydroxylation is 2. The second kappa shape index (κ2) is 17.6. The number of ketones is 2. The van der Waals surface area contributed by atoms with Gasteiger partial charge in [-0.1, -0.05) is 80.3 Å². The van der Waals surface area contributed by atoms with Crippen LogP contribution in [-0.4, -0.2) is 35.7 Å². The highest BCUT2D eigenvalue weighted by molar-refractivity contribution is 6.02. The van der Waals surface area contributed by atoms with E-state index in [1.54, 1.807) is 39.8 Å². The van der Waals surface area contributed by atoms with Gasteiger partial charge in [0.25, 0.3) is 0 Å². The summed E-state index contributed by atoms with van der Waals surface area (Å²) in [5.41, 5.74) is 2.16. The van der Waals surface area contributed by atoms with Gasteiger partial charge in [0.1, 0.15) is 28.5 Å². The van der Waals surface area contributed by atoms with Gasteiger partial charge in [0.15, 0.2) is 0 Å². The number of rotatable bonds is 14. The maximum absolute atomic E-state index is 12.6. The summed E-state index contributed by atoms with van der Waals surface area (Å²) < 4.78 is 10.9. The second-order valence-corrected chi connectivity index (χ2v) is 12.8. The molecule has 0 radical (unpaired) electrons. The molecule has 2 aromatic carbocycles. The average molecular weight is 617 g/mol. The molecule has 6 heteroatoms. The van der Waals surface area contributed by atoms with Crippen molar-refractivity contribution in [2.45, 2.75) is 112 Å². The van der Waals surface area contributed by atoms with Gasteiger partial charge in [-0.05, 0) is 115 Å². The number of Topliss-reactive ketones (excluding diaryl/α,β-unsaturated/α-hetero) is 2. The molecule has 6 nitrogen and oxygen atoms in total. The normalized spacial score (nSPS) is 15.8. The van der Waals surface area contributed by atoms with Gasteiger partial charge in [-0.2, -0.15) is 0 Å². The third-order valence-electron chi connectivity index (χ3n) is 8.88. The van der Waals surface area contributed by atoms with E-state index in [1.807, 2.05) is 48.5 Å². The fraction of sp³-hybridized carbons (Fsp3) is 0.487. The Kier molecular flexibility index (Phi) is 14.6. The van der Waals surface area contributed by atoms with Crippen LogP contribution in [0.3, 0.4) is 0 Å². The van der Waals surface area contributed by atoms with Crippen molar-refractivity contribution < 1.29 is 28.7 Å². The summed E-state index contributed by atoms with van der Waals surface area (Å²) in [6.07, 6.45) is 10.8. The third kappa shape index (κ3) is 11.3. The molecule has 244 valence electrons. The van der Waals surface area contributed by atoms with E-state index in [1.165, 1.54) is 20.3 Å². The number of carbonyl (C=O) groups is 4. The monoisotopic (exact) mass is 616 g/mol. The molecule has 1 aliphatic carbocycles. The fourth-order valence-corrected chi connectivity index (χ4v) is 5.08. The third-order valence-corrected chi connectivity index (χ3v) is 8.88. The largest absolute Gasteiger partial charge is 0.462 e. The Bertz CT molecular complexity index is 1300. The van der Waals surface area contributed by atoms with Crippen molar-refractivity contribution in [2.75, 3.05) is 0 Å². The Morgan fingerprint density at radius 3 is 1.49 bits per heavy atom. The highest BCUT2D eigenvalue weighted by Gasteiger charge is 2.41. The smallest absolute Gasteiger partial charge is 0.319 e. The topological polar surface area (TPSA) is 86.7 Å². The van der Waals surface area contributed by atoms with Gasteiger partial charge < -0.3 is 9.47 Å². The van der Waals surface area contributed by atoms with Crippen LogP contribution in [0, 0.1) is 10.8 Å². The van der Waals surface area contributed by atoms with E-state index in [2.05, 4.69) is 13.2 Å². The number of benzene rings is 2. The fourth-order valence-electron chi connectivity index (χ4n) is 5.08. The van der Waals surface area contributed by atoms with Crippen LogP contribution in [0.1, 0.15) is 109 Å². The van der Waals surface area contributed by atoms with Crippen molar-refractivity contribution in [1.82, 2.24) is 0 Å². The highest BCUT2D eigenvalue weighted by Crippen LogP contribution is 2.31. The maximum atomic E-state index is 12.6. The molecule has 0 N–H and O–H groups in total. The molecule has 2 unspecified atom stereocenters. The first-order chi connectivity index (χ1) is 21.2. The number of hydrogen-bond donors (Lipinski definition) is 0. The summed E-state index contributed by atoms with van der Waals surface area (Å²) in [7, 11) is 0. The average Bonchev–Trinajstić information content (AvgIpc) is 3.03. The van der Waals surface area contributed by atoms with Crippen LogP contribution >= 0.6 is 0 Å². The lowest BCUT2D eigenvalue weighted by Crippen LogP contribution is -2.39. The summed E-state index contributed by atoms with van der Waals surface area (Å²) in [6.45, 7) is 17.3. The molecule has 1 fully saturated rings. The van der Waals surface area contributed by atoms with E-state index in [9.17, 15) is 19.2 Å². The summed E-state index contributed by atoms with van der Waals surface area (Å²) in [5, 5.41) is 0. The molecule has 1 aliphatic rings. The van der Waals surface area contributed by atoms with Gasteiger partial charge in [0.2, 0.25) is 0 Å². The number of ether oxygens (including phenoxy) is 2. The van der Waals surface area contributed by atoms with Gasteiger partial charge in [-0.3, -0.25) is 19.2 Å². The Balaban J connectivity index is 0.000000317. The molecule has 0 bridgehead atoms. The molecular formula is C39H52O6. The van der Waals surface area contributed by atoms with E-state index in [0.29, 0.717) is 25.7 Å². The van der Waals surface area contributed by atoms with Crippen LogP contribution in [0.5, 0.6) is 0 Å². The van der Waals surface area contributed by atoms with Crippen LogP contribution in [-0.2, 0) is 41.5 Å². The summed E-state index contributed by atoms with van der Waals surface area (Å²) in [4.78, 5) is 48.9. The van der Waals surface area contributed by atoms with E-state index in [0.717, 1.165) is 47.9 Å².